The van der Waals surface area contributed by atoms with Crippen LogP contribution in [0.15, 0.2) is 24.3 Å². The Hall–Kier alpha value is -1.66. The molecule has 1 aromatic rings. The number of nitrogens with zero attached hydrogens (tertiary/aromatic N) is 1. The summed E-state index contributed by atoms with van der Waals surface area (Å²) in [7, 11) is 0. The number of nitrogens with one attached hydrogen (secondary N) is 1. The maximum Gasteiger partial charge on any atom is 0.407 e. The fourth-order valence-electron chi connectivity index (χ4n) is 2.84. The van der Waals surface area contributed by atoms with Crippen molar-refractivity contribution in [2.24, 2.45) is 5.73 Å². The van der Waals surface area contributed by atoms with Crippen LogP contribution in [0.4, 0.5) is 9.18 Å². The number of carbonyl (C=O) groups excluding carboxylic acids is 1. The van der Waals surface area contributed by atoms with E-state index in [9.17, 15) is 9.18 Å². The first-order chi connectivity index (χ1) is 10.8. The summed E-state index contributed by atoms with van der Waals surface area (Å²) in [5, 5.41) is 2.90. The smallest absolute Gasteiger partial charge is 0.407 e. The van der Waals surface area contributed by atoms with Gasteiger partial charge in [0, 0.05) is 31.7 Å². The predicted molar refractivity (Wildman–Crippen MR) is 87.5 cm³/mol. The SMILES string of the molecule is CC(C)(C)OC(=O)N[C@H]1CCN([C@@H](CN)c2ccc(F)cc2)C1. The number of amides is 1. The molecular weight excluding hydrogens is 297 g/mol. The van der Waals surface area contributed by atoms with Crippen molar-refractivity contribution in [2.45, 2.75) is 44.9 Å². The number of hydrogen-bond donors (Lipinski definition) is 2. The van der Waals surface area contributed by atoms with E-state index in [1.807, 2.05) is 20.8 Å². The van der Waals surface area contributed by atoms with Crippen molar-refractivity contribution in [3.63, 3.8) is 0 Å². The third-order valence-corrected chi connectivity index (χ3v) is 3.86. The normalized spacial score (nSPS) is 20.3. The second kappa shape index (κ2) is 7.27. The topological polar surface area (TPSA) is 67.6 Å². The number of halogens is 1. The first-order valence-corrected chi connectivity index (χ1v) is 7.97. The molecule has 0 radical (unpaired) electrons. The lowest BCUT2D eigenvalue weighted by Gasteiger charge is -2.27. The molecule has 1 saturated heterocycles. The van der Waals surface area contributed by atoms with Gasteiger partial charge < -0.3 is 15.8 Å². The number of hydrogen-bond acceptors (Lipinski definition) is 4. The van der Waals surface area contributed by atoms with Crippen LogP contribution in [0.25, 0.3) is 0 Å². The Kier molecular flexibility index (Phi) is 5.59. The van der Waals surface area contributed by atoms with Gasteiger partial charge in [0.05, 0.1) is 0 Å². The second-order valence-corrected chi connectivity index (χ2v) is 6.93. The minimum atomic E-state index is -0.504. The molecule has 1 aliphatic heterocycles. The monoisotopic (exact) mass is 323 g/mol. The minimum Gasteiger partial charge on any atom is -0.444 e. The predicted octanol–water partition coefficient (Wildman–Crippen LogP) is 2.42. The quantitative estimate of drug-likeness (QED) is 0.893. The molecule has 0 aromatic heterocycles. The number of benzene rings is 1. The van der Waals surface area contributed by atoms with E-state index >= 15 is 0 Å². The van der Waals surface area contributed by atoms with E-state index in [2.05, 4.69) is 10.2 Å². The molecule has 2 rings (SSSR count). The van der Waals surface area contributed by atoms with E-state index in [4.69, 9.17) is 10.5 Å². The van der Waals surface area contributed by atoms with Gasteiger partial charge in [0.1, 0.15) is 11.4 Å². The second-order valence-electron chi connectivity index (χ2n) is 6.93. The summed E-state index contributed by atoms with van der Waals surface area (Å²) in [6, 6.07) is 6.50. The van der Waals surface area contributed by atoms with Crippen molar-refractivity contribution in [3.8, 4) is 0 Å². The maximum absolute atomic E-state index is 13.1. The van der Waals surface area contributed by atoms with Crippen molar-refractivity contribution in [1.29, 1.82) is 0 Å². The third-order valence-electron chi connectivity index (χ3n) is 3.86. The molecule has 5 nitrogen and oxygen atoms in total. The molecule has 2 atom stereocenters. The van der Waals surface area contributed by atoms with Crippen LogP contribution in [-0.2, 0) is 4.74 Å². The highest BCUT2D eigenvalue weighted by Gasteiger charge is 2.30. The van der Waals surface area contributed by atoms with Crippen LogP contribution in [0.3, 0.4) is 0 Å². The van der Waals surface area contributed by atoms with E-state index in [1.165, 1.54) is 12.1 Å². The molecule has 1 heterocycles. The van der Waals surface area contributed by atoms with Crippen LogP contribution in [0.1, 0.15) is 38.8 Å². The van der Waals surface area contributed by atoms with Gasteiger partial charge in [-0.2, -0.15) is 0 Å². The molecule has 0 aliphatic carbocycles. The third kappa shape index (κ3) is 5.18. The van der Waals surface area contributed by atoms with Gasteiger partial charge in [-0.3, -0.25) is 4.90 Å². The van der Waals surface area contributed by atoms with Gasteiger partial charge in [0.15, 0.2) is 0 Å². The van der Waals surface area contributed by atoms with Gasteiger partial charge in [0.25, 0.3) is 0 Å². The summed E-state index contributed by atoms with van der Waals surface area (Å²) < 4.78 is 18.4. The summed E-state index contributed by atoms with van der Waals surface area (Å²) in [5.41, 5.74) is 6.39. The van der Waals surface area contributed by atoms with E-state index in [0.717, 1.165) is 18.5 Å². The van der Waals surface area contributed by atoms with E-state index < -0.39 is 11.7 Å². The molecule has 1 aromatic carbocycles. The Bertz CT molecular complexity index is 528. The lowest BCUT2D eigenvalue weighted by atomic mass is 10.1. The van der Waals surface area contributed by atoms with Gasteiger partial charge in [-0.15, -0.1) is 0 Å². The Morgan fingerprint density at radius 1 is 1.43 bits per heavy atom. The van der Waals surface area contributed by atoms with Gasteiger partial charge >= 0.3 is 6.09 Å². The fourth-order valence-corrected chi connectivity index (χ4v) is 2.84. The largest absolute Gasteiger partial charge is 0.444 e. The number of rotatable bonds is 4. The van der Waals surface area contributed by atoms with E-state index in [0.29, 0.717) is 13.1 Å². The number of ether oxygens (including phenoxy) is 1. The summed E-state index contributed by atoms with van der Waals surface area (Å²) >= 11 is 0. The zero-order valence-corrected chi connectivity index (χ0v) is 14.0. The van der Waals surface area contributed by atoms with Crippen LogP contribution in [0.2, 0.25) is 0 Å². The Labute approximate surface area is 137 Å². The zero-order valence-electron chi connectivity index (χ0n) is 14.0. The summed E-state index contributed by atoms with van der Waals surface area (Å²) in [4.78, 5) is 14.1. The van der Waals surface area contributed by atoms with Crippen molar-refractivity contribution in [2.75, 3.05) is 19.6 Å². The number of likely N-dealkylation sites (tertiary alicyclic amines) is 1. The van der Waals surface area contributed by atoms with Crippen molar-refractivity contribution in [3.05, 3.63) is 35.6 Å². The molecule has 1 aliphatic rings. The minimum absolute atomic E-state index is 0.0287. The average Bonchev–Trinajstić information content (AvgIpc) is 2.87. The molecule has 128 valence electrons. The molecular formula is C17H26FN3O2. The van der Waals surface area contributed by atoms with Gasteiger partial charge in [-0.1, -0.05) is 12.1 Å². The Morgan fingerprint density at radius 3 is 2.65 bits per heavy atom. The van der Waals surface area contributed by atoms with E-state index in [-0.39, 0.29) is 17.9 Å². The molecule has 0 saturated carbocycles. The lowest BCUT2D eigenvalue weighted by molar-refractivity contribution is 0.0504. The zero-order chi connectivity index (χ0) is 17.0. The van der Waals surface area contributed by atoms with Crippen molar-refractivity contribution < 1.29 is 13.9 Å². The molecule has 1 fully saturated rings. The van der Waals surface area contributed by atoms with Crippen LogP contribution < -0.4 is 11.1 Å². The van der Waals surface area contributed by atoms with Crippen LogP contribution in [0, 0.1) is 5.82 Å². The molecule has 23 heavy (non-hydrogen) atoms. The van der Waals surface area contributed by atoms with Crippen molar-refractivity contribution >= 4 is 6.09 Å². The van der Waals surface area contributed by atoms with Crippen LogP contribution in [0.5, 0.6) is 0 Å². The van der Waals surface area contributed by atoms with Crippen LogP contribution in [-0.4, -0.2) is 42.3 Å². The highest BCUT2D eigenvalue weighted by Crippen LogP contribution is 2.24. The number of nitrogens with two attached hydrogens (primary N) is 1. The average molecular weight is 323 g/mol. The highest BCUT2D eigenvalue weighted by atomic mass is 19.1. The molecule has 6 heteroatoms. The summed E-state index contributed by atoms with van der Waals surface area (Å²) in [6.45, 7) is 7.51. The van der Waals surface area contributed by atoms with Gasteiger partial charge in [-0.05, 0) is 44.9 Å². The fraction of sp³-hybridized carbons (Fsp3) is 0.588. The first kappa shape index (κ1) is 17.7. The molecule has 0 spiro atoms. The Morgan fingerprint density at radius 2 is 2.09 bits per heavy atom. The number of carbonyl (C=O) groups is 1. The van der Waals surface area contributed by atoms with E-state index in [1.54, 1.807) is 12.1 Å². The number of alkyl carbamates (subject to hydrolysis) is 1. The summed E-state index contributed by atoms with van der Waals surface area (Å²) in [6.07, 6.45) is 0.451. The first-order valence-electron chi connectivity index (χ1n) is 7.97. The standard InChI is InChI=1S/C17H26FN3O2/c1-17(2,3)23-16(22)20-14-8-9-21(11-14)15(10-19)12-4-6-13(18)7-5-12/h4-7,14-15H,8-11,19H2,1-3H3,(H,20,22)/t14-,15-/m0/s1. The molecule has 0 unspecified atom stereocenters. The molecule has 1 amide bonds. The van der Waals surface area contributed by atoms with Crippen LogP contribution >= 0.6 is 0 Å². The molecule has 0 bridgehead atoms. The maximum atomic E-state index is 13.1. The highest BCUT2D eigenvalue weighted by molar-refractivity contribution is 5.68. The van der Waals surface area contributed by atoms with Crippen molar-refractivity contribution in [1.82, 2.24) is 10.2 Å². The molecule has 3 N–H and O–H groups in total. The van der Waals surface area contributed by atoms with Gasteiger partial charge in [0.2, 0.25) is 0 Å². The Balaban J connectivity index is 1.93. The van der Waals surface area contributed by atoms with Gasteiger partial charge in [-0.25, -0.2) is 9.18 Å². The summed E-state index contributed by atoms with van der Waals surface area (Å²) in [5.74, 6) is -0.254. The lowest BCUT2D eigenvalue weighted by Crippen LogP contribution is -2.41.